The van der Waals surface area contributed by atoms with Crippen molar-refractivity contribution in [3.05, 3.63) is 24.5 Å². The van der Waals surface area contributed by atoms with E-state index in [4.69, 9.17) is 5.84 Å². The Balaban J connectivity index is 2.00. The maximum atomic E-state index is 11.7. The molecule has 7 nitrogen and oxygen atoms in total. The highest BCUT2D eigenvalue weighted by atomic mass is 32.2. The topological polar surface area (TPSA) is 98.7 Å². The number of aromatic nitrogens is 4. The maximum absolute atomic E-state index is 11.7. The molecular formula is C13H18N6OS. The summed E-state index contributed by atoms with van der Waals surface area (Å²) in [6.07, 6.45) is 4.24. The molecule has 21 heavy (non-hydrogen) atoms. The summed E-state index contributed by atoms with van der Waals surface area (Å²) in [7, 11) is 0. The third kappa shape index (κ3) is 3.94. The molecule has 0 aliphatic rings. The zero-order chi connectivity index (χ0) is 15.2. The second-order valence-corrected chi connectivity index (χ2v) is 5.53. The van der Waals surface area contributed by atoms with Gasteiger partial charge in [0.05, 0.1) is 5.75 Å². The summed E-state index contributed by atoms with van der Waals surface area (Å²) in [4.78, 5) is 15.8. The molecule has 0 aliphatic carbocycles. The van der Waals surface area contributed by atoms with Crippen LogP contribution in [0.3, 0.4) is 0 Å². The molecule has 0 aliphatic heterocycles. The number of rotatable bonds is 6. The molecule has 2 rings (SSSR count). The Morgan fingerprint density at radius 3 is 3.00 bits per heavy atom. The van der Waals surface area contributed by atoms with Crippen molar-refractivity contribution in [2.24, 2.45) is 0 Å². The second-order valence-electron chi connectivity index (χ2n) is 4.58. The van der Waals surface area contributed by atoms with Crippen LogP contribution in [-0.4, -0.2) is 37.6 Å². The smallest absolute Gasteiger partial charge is 0.230 e. The molecule has 112 valence electrons. The Kier molecular flexibility index (Phi) is 5.15. The summed E-state index contributed by atoms with van der Waals surface area (Å²) < 4.78 is 1.37. The number of pyridine rings is 1. The summed E-state index contributed by atoms with van der Waals surface area (Å²) in [5.74, 6) is 6.70. The lowest BCUT2D eigenvalue weighted by atomic mass is 10.3. The van der Waals surface area contributed by atoms with E-state index in [2.05, 4.69) is 20.5 Å². The number of amides is 1. The fourth-order valence-electron chi connectivity index (χ4n) is 1.62. The molecule has 2 heterocycles. The first-order valence-corrected chi connectivity index (χ1v) is 7.63. The predicted molar refractivity (Wildman–Crippen MR) is 82.0 cm³/mol. The van der Waals surface area contributed by atoms with Crippen LogP contribution in [0, 0.1) is 0 Å². The minimum absolute atomic E-state index is 0.0414. The Bertz CT molecular complexity index is 600. The molecule has 1 atom stereocenters. The van der Waals surface area contributed by atoms with Gasteiger partial charge in [0.1, 0.15) is 0 Å². The molecule has 0 fully saturated rings. The average Bonchev–Trinajstić information content (AvgIpc) is 2.87. The van der Waals surface area contributed by atoms with Gasteiger partial charge in [-0.25, -0.2) is 4.68 Å². The van der Waals surface area contributed by atoms with Crippen molar-refractivity contribution in [1.29, 1.82) is 0 Å². The fourth-order valence-corrected chi connectivity index (χ4v) is 2.28. The molecule has 2 aromatic rings. The van der Waals surface area contributed by atoms with Gasteiger partial charge in [0.15, 0.2) is 5.82 Å². The number of nitrogens with two attached hydrogens (primary N) is 1. The van der Waals surface area contributed by atoms with E-state index in [1.165, 1.54) is 16.4 Å². The standard InChI is InChI=1S/C13H18N6OS/c1-3-9(2)16-11(20)8-21-13-18-17-12(19(13)14)10-5-4-6-15-7-10/h4-7,9H,3,8,14H2,1-2H3,(H,16,20)/t9-/m1/s1. The molecule has 3 N–H and O–H groups in total. The Hall–Kier alpha value is -2.09. The number of nitrogens with one attached hydrogen (secondary N) is 1. The van der Waals surface area contributed by atoms with E-state index in [-0.39, 0.29) is 17.7 Å². The van der Waals surface area contributed by atoms with E-state index in [1.807, 2.05) is 19.9 Å². The highest BCUT2D eigenvalue weighted by molar-refractivity contribution is 7.99. The van der Waals surface area contributed by atoms with Gasteiger partial charge in [0.2, 0.25) is 11.1 Å². The van der Waals surface area contributed by atoms with Crippen LogP contribution in [0.4, 0.5) is 0 Å². The van der Waals surface area contributed by atoms with Crippen LogP contribution in [0.5, 0.6) is 0 Å². The highest BCUT2D eigenvalue weighted by Crippen LogP contribution is 2.20. The molecule has 0 radical (unpaired) electrons. The number of carbonyl (C=O) groups excluding carboxylic acids is 1. The molecule has 2 aromatic heterocycles. The van der Waals surface area contributed by atoms with Gasteiger partial charge >= 0.3 is 0 Å². The minimum Gasteiger partial charge on any atom is -0.353 e. The first kappa shape index (κ1) is 15.3. The largest absolute Gasteiger partial charge is 0.353 e. The van der Waals surface area contributed by atoms with Crippen molar-refractivity contribution in [3.8, 4) is 11.4 Å². The highest BCUT2D eigenvalue weighted by Gasteiger charge is 2.14. The SMILES string of the molecule is CC[C@@H](C)NC(=O)CSc1nnc(-c2cccnc2)n1N. The molecule has 0 unspecified atom stereocenters. The van der Waals surface area contributed by atoms with Crippen LogP contribution >= 0.6 is 11.8 Å². The number of hydrogen-bond acceptors (Lipinski definition) is 6. The number of thioether (sulfide) groups is 1. The lowest BCUT2D eigenvalue weighted by Crippen LogP contribution is -2.33. The summed E-state index contributed by atoms with van der Waals surface area (Å²) >= 11 is 1.26. The summed E-state index contributed by atoms with van der Waals surface area (Å²) in [5.41, 5.74) is 0.781. The molecule has 1 amide bonds. The van der Waals surface area contributed by atoms with E-state index < -0.39 is 0 Å². The van der Waals surface area contributed by atoms with Gasteiger partial charge in [-0.3, -0.25) is 9.78 Å². The van der Waals surface area contributed by atoms with Gasteiger partial charge in [-0.1, -0.05) is 18.7 Å². The van der Waals surface area contributed by atoms with Crippen LogP contribution in [-0.2, 0) is 4.79 Å². The zero-order valence-electron chi connectivity index (χ0n) is 12.0. The van der Waals surface area contributed by atoms with Crippen molar-refractivity contribution in [3.63, 3.8) is 0 Å². The first-order valence-electron chi connectivity index (χ1n) is 6.64. The number of nitrogen functional groups attached to an aromatic ring is 1. The van der Waals surface area contributed by atoms with Gasteiger partial charge in [0.25, 0.3) is 0 Å². The number of nitrogens with zero attached hydrogens (tertiary/aromatic N) is 4. The normalized spacial score (nSPS) is 12.1. The van der Waals surface area contributed by atoms with E-state index in [9.17, 15) is 4.79 Å². The number of hydrogen-bond donors (Lipinski definition) is 2. The van der Waals surface area contributed by atoms with Crippen LogP contribution < -0.4 is 11.2 Å². The molecule has 0 saturated heterocycles. The van der Waals surface area contributed by atoms with Crippen molar-refractivity contribution >= 4 is 17.7 Å². The lowest BCUT2D eigenvalue weighted by molar-refractivity contribution is -0.119. The van der Waals surface area contributed by atoms with E-state index in [1.54, 1.807) is 18.5 Å². The summed E-state index contributed by atoms with van der Waals surface area (Å²) in [6, 6.07) is 3.82. The average molecular weight is 306 g/mol. The minimum atomic E-state index is -0.0414. The second kappa shape index (κ2) is 7.07. The molecule has 0 bridgehead atoms. The van der Waals surface area contributed by atoms with Gasteiger partial charge < -0.3 is 11.2 Å². The van der Waals surface area contributed by atoms with E-state index in [0.717, 1.165) is 12.0 Å². The summed E-state index contributed by atoms with van der Waals surface area (Å²) in [6.45, 7) is 3.99. The van der Waals surface area contributed by atoms with Crippen LogP contribution in [0.15, 0.2) is 29.7 Å². The molecule has 0 saturated carbocycles. The van der Waals surface area contributed by atoms with Gasteiger partial charge in [0, 0.05) is 24.0 Å². The third-order valence-electron chi connectivity index (χ3n) is 2.94. The zero-order valence-corrected chi connectivity index (χ0v) is 12.8. The van der Waals surface area contributed by atoms with Gasteiger partial charge in [-0.15, -0.1) is 10.2 Å². The van der Waals surface area contributed by atoms with E-state index >= 15 is 0 Å². The van der Waals surface area contributed by atoms with Crippen molar-refractivity contribution in [1.82, 2.24) is 25.2 Å². The van der Waals surface area contributed by atoms with Gasteiger partial charge in [-0.2, -0.15) is 0 Å². The van der Waals surface area contributed by atoms with Crippen molar-refractivity contribution in [2.45, 2.75) is 31.5 Å². The maximum Gasteiger partial charge on any atom is 0.230 e. The van der Waals surface area contributed by atoms with Crippen molar-refractivity contribution < 1.29 is 4.79 Å². The van der Waals surface area contributed by atoms with Gasteiger partial charge in [-0.05, 0) is 25.5 Å². The molecular weight excluding hydrogens is 288 g/mol. The molecule has 0 aromatic carbocycles. The Labute approximate surface area is 127 Å². The van der Waals surface area contributed by atoms with Crippen molar-refractivity contribution in [2.75, 3.05) is 11.6 Å². The summed E-state index contributed by atoms with van der Waals surface area (Å²) in [5, 5.41) is 11.4. The Morgan fingerprint density at radius 2 is 2.33 bits per heavy atom. The Morgan fingerprint density at radius 1 is 1.52 bits per heavy atom. The van der Waals surface area contributed by atoms with E-state index in [0.29, 0.717) is 11.0 Å². The van der Waals surface area contributed by atoms with Crippen LogP contribution in [0.2, 0.25) is 0 Å². The van der Waals surface area contributed by atoms with Crippen LogP contribution in [0.25, 0.3) is 11.4 Å². The predicted octanol–water partition coefficient (Wildman–Crippen LogP) is 1.06. The molecule has 8 heteroatoms. The quantitative estimate of drug-likeness (QED) is 0.611. The van der Waals surface area contributed by atoms with Crippen LogP contribution in [0.1, 0.15) is 20.3 Å². The number of carbonyl (C=O) groups is 1. The third-order valence-corrected chi connectivity index (χ3v) is 3.88. The first-order chi connectivity index (χ1) is 10.1. The fraction of sp³-hybridized carbons (Fsp3) is 0.385. The molecule has 0 spiro atoms. The monoisotopic (exact) mass is 306 g/mol. The lowest BCUT2D eigenvalue weighted by Gasteiger charge is -2.10.